The molecular weight excluding hydrogens is 364 g/mol. The molecule has 1 atom stereocenters. The van der Waals surface area contributed by atoms with Gasteiger partial charge in [-0.1, -0.05) is 36.4 Å². The van der Waals surface area contributed by atoms with Gasteiger partial charge in [0.25, 0.3) is 11.8 Å². The molecule has 5 rings (SSSR count). The number of rotatable bonds is 3. The van der Waals surface area contributed by atoms with Gasteiger partial charge in [0.1, 0.15) is 0 Å². The molecule has 2 heterocycles. The number of aryl methyl sites for hydroxylation is 1. The summed E-state index contributed by atoms with van der Waals surface area (Å²) in [5.74, 6) is 1.08. The van der Waals surface area contributed by atoms with Gasteiger partial charge in [0.2, 0.25) is 0 Å². The number of para-hydroxylation sites is 4. The number of amides is 2. The molecular formula is C24H20N2O3. The van der Waals surface area contributed by atoms with Crippen LogP contribution in [0.3, 0.4) is 0 Å². The van der Waals surface area contributed by atoms with Crippen molar-refractivity contribution in [3.8, 4) is 11.5 Å². The number of imide groups is 1. The first kappa shape index (κ1) is 17.5. The predicted octanol–water partition coefficient (Wildman–Crippen LogP) is 4.92. The standard InChI is InChI=1S/C24H20N2O3/c1-15-8-7-9-17-22(15)24(28)25(23(17)27)14-16(2)26-18-10-3-5-12-20(18)29-21-13-6-4-11-19(21)26/h3-13,16H,14H2,1-2H3. The van der Waals surface area contributed by atoms with Crippen LogP contribution >= 0.6 is 0 Å². The fourth-order valence-electron chi connectivity index (χ4n) is 4.22. The second-order valence-electron chi connectivity index (χ2n) is 7.47. The summed E-state index contributed by atoms with van der Waals surface area (Å²) >= 11 is 0. The summed E-state index contributed by atoms with van der Waals surface area (Å²) in [6, 6.07) is 20.9. The number of benzene rings is 3. The van der Waals surface area contributed by atoms with Crippen LogP contribution in [0, 0.1) is 6.92 Å². The molecule has 0 saturated carbocycles. The second kappa shape index (κ2) is 6.48. The predicted molar refractivity (Wildman–Crippen MR) is 111 cm³/mol. The van der Waals surface area contributed by atoms with Gasteiger partial charge in [0.15, 0.2) is 11.5 Å². The fraction of sp³-hybridized carbons (Fsp3) is 0.167. The van der Waals surface area contributed by atoms with E-state index in [0.717, 1.165) is 28.4 Å². The zero-order valence-corrected chi connectivity index (χ0v) is 16.3. The van der Waals surface area contributed by atoms with Crippen LogP contribution in [0.2, 0.25) is 0 Å². The van der Waals surface area contributed by atoms with Gasteiger partial charge in [0, 0.05) is 12.6 Å². The van der Waals surface area contributed by atoms with E-state index >= 15 is 0 Å². The van der Waals surface area contributed by atoms with E-state index in [1.165, 1.54) is 4.90 Å². The van der Waals surface area contributed by atoms with Crippen molar-refractivity contribution in [2.75, 3.05) is 11.4 Å². The van der Waals surface area contributed by atoms with Crippen LogP contribution < -0.4 is 9.64 Å². The summed E-state index contributed by atoms with van der Waals surface area (Å²) in [5.41, 5.74) is 3.69. The van der Waals surface area contributed by atoms with Crippen LogP contribution in [0.25, 0.3) is 0 Å². The van der Waals surface area contributed by atoms with Crippen molar-refractivity contribution in [3.05, 3.63) is 83.4 Å². The molecule has 0 bridgehead atoms. The molecule has 0 aliphatic carbocycles. The highest BCUT2D eigenvalue weighted by atomic mass is 16.5. The molecule has 0 spiro atoms. The first-order valence-electron chi connectivity index (χ1n) is 9.67. The minimum Gasteiger partial charge on any atom is -0.453 e. The summed E-state index contributed by atoms with van der Waals surface area (Å²) in [4.78, 5) is 29.4. The van der Waals surface area contributed by atoms with Crippen molar-refractivity contribution in [3.63, 3.8) is 0 Å². The Balaban J connectivity index is 1.51. The summed E-state index contributed by atoms with van der Waals surface area (Å²) < 4.78 is 6.05. The largest absolute Gasteiger partial charge is 0.453 e. The topological polar surface area (TPSA) is 49.9 Å². The maximum Gasteiger partial charge on any atom is 0.261 e. The molecule has 2 amide bonds. The minimum absolute atomic E-state index is 0.135. The van der Waals surface area contributed by atoms with E-state index < -0.39 is 0 Å². The van der Waals surface area contributed by atoms with E-state index in [0.29, 0.717) is 11.1 Å². The maximum atomic E-state index is 13.0. The van der Waals surface area contributed by atoms with Crippen molar-refractivity contribution in [1.82, 2.24) is 4.90 Å². The number of nitrogens with zero attached hydrogens (tertiary/aromatic N) is 2. The Morgan fingerprint density at radius 2 is 1.45 bits per heavy atom. The quantitative estimate of drug-likeness (QED) is 0.601. The highest BCUT2D eigenvalue weighted by molar-refractivity contribution is 6.22. The van der Waals surface area contributed by atoms with Gasteiger partial charge in [-0.3, -0.25) is 14.5 Å². The molecule has 3 aromatic rings. The number of hydrogen-bond acceptors (Lipinski definition) is 4. The molecule has 3 aromatic carbocycles. The Kier molecular flexibility index (Phi) is 3.91. The van der Waals surface area contributed by atoms with Crippen LogP contribution in [0.5, 0.6) is 11.5 Å². The van der Waals surface area contributed by atoms with Crippen molar-refractivity contribution >= 4 is 23.2 Å². The SMILES string of the molecule is Cc1cccc2c1C(=O)N(CC(C)N1c3ccccc3Oc3ccccc31)C2=O. The van der Waals surface area contributed by atoms with Gasteiger partial charge in [-0.2, -0.15) is 0 Å². The van der Waals surface area contributed by atoms with Crippen molar-refractivity contribution in [2.45, 2.75) is 19.9 Å². The third-order valence-electron chi connectivity index (χ3n) is 5.56. The minimum atomic E-state index is -0.227. The van der Waals surface area contributed by atoms with Crippen LogP contribution in [-0.2, 0) is 0 Å². The smallest absolute Gasteiger partial charge is 0.261 e. The molecule has 5 heteroatoms. The highest BCUT2D eigenvalue weighted by Gasteiger charge is 2.39. The van der Waals surface area contributed by atoms with E-state index in [4.69, 9.17) is 4.74 Å². The van der Waals surface area contributed by atoms with E-state index in [1.807, 2.05) is 74.5 Å². The fourth-order valence-corrected chi connectivity index (χ4v) is 4.22. The Hall–Kier alpha value is -3.60. The molecule has 0 radical (unpaired) electrons. The van der Waals surface area contributed by atoms with Crippen molar-refractivity contribution in [2.24, 2.45) is 0 Å². The molecule has 2 aliphatic heterocycles. The molecule has 0 aromatic heterocycles. The molecule has 0 saturated heterocycles. The normalized spacial score (nSPS) is 15.5. The molecule has 29 heavy (non-hydrogen) atoms. The van der Waals surface area contributed by atoms with Crippen molar-refractivity contribution in [1.29, 1.82) is 0 Å². The Morgan fingerprint density at radius 1 is 0.828 bits per heavy atom. The van der Waals surface area contributed by atoms with Crippen molar-refractivity contribution < 1.29 is 14.3 Å². The lowest BCUT2D eigenvalue weighted by Gasteiger charge is -2.38. The number of hydrogen-bond donors (Lipinski definition) is 0. The second-order valence-corrected chi connectivity index (χ2v) is 7.47. The monoisotopic (exact) mass is 384 g/mol. The molecule has 5 nitrogen and oxygen atoms in total. The lowest BCUT2D eigenvalue weighted by Crippen LogP contribution is -2.43. The zero-order chi connectivity index (χ0) is 20.1. The van der Waals surface area contributed by atoms with E-state index in [1.54, 1.807) is 6.07 Å². The van der Waals surface area contributed by atoms with Gasteiger partial charge < -0.3 is 9.64 Å². The first-order chi connectivity index (χ1) is 14.1. The van der Waals surface area contributed by atoms with Crippen LogP contribution in [0.4, 0.5) is 11.4 Å². The van der Waals surface area contributed by atoms with Crippen LogP contribution in [0.15, 0.2) is 66.7 Å². The Bertz CT molecular complexity index is 1110. The number of fused-ring (bicyclic) bond motifs is 3. The van der Waals surface area contributed by atoms with E-state index in [9.17, 15) is 9.59 Å². The molecule has 1 unspecified atom stereocenters. The lowest BCUT2D eigenvalue weighted by atomic mass is 10.0. The number of carbonyl (C=O) groups is 2. The Labute approximate surface area is 169 Å². The summed E-state index contributed by atoms with van der Waals surface area (Å²) in [5, 5.41) is 0. The maximum absolute atomic E-state index is 13.0. The number of carbonyl (C=O) groups excluding carboxylic acids is 2. The first-order valence-corrected chi connectivity index (χ1v) is 9.67. The van der Waals surface area contributed by atoms with Gasteiger partial charge in [0.05, 0.1) is 22.5 Å². The lowest BCUT2D eigenvalue weighted by molar-refractivity contribution is 0.0647. The average molecular weight is 384 g/mol. The number of anilines is 2. The van der Waals surface area contributed by atoms with Gasteiger partial charge in [-0.25, -0.2) is 0 Å². The molecule has 0 N–H and O–H groups in total. The third-order valence-corrected chi connectivity index (χ3v) is 5.56. The van der Waals surface area contributed by atoms with E-state index in [-0.39, 0.29) is 24.4 Å². The Morgan fingerprint density at radius 3 is 2.07 bits per heavy atom. The molecule has 144 valence electrons. The number of ether oxygens (including phenoxy) is 1. The van der Waals surface area contributed by atoms with Gasteiger partial charge in [-0.15, -0.1) is 0 Å². The van der Waals surface area contributed by atoms with Crippen LogP contribution in [0.1, 0.15) is 33.2 Å². The van der Waals surface area contributed by atoms with Gasteiger partial charge in [-0.05, 0) is 49.7 Å². The summed E-state index contributed by atoms with van der Waals surface area (Å²) in [6.45, 7) is 4.18. The third kappa shape index (κ3) is 2.62. The average Bonchev–Trinajstić information content (AvgIpc) is 2.97. The summed E-state index contributed by atoms with van der Waals surface area (Å²) in [7, 11) is 0. The highest BCUT2D eigenvalue weighted by Crippen LogP contribution is 2.47. The van der Waals surface area contributed by atoms with Crippen LogP contribution in [-0.4, -0.2) is 29.3 Å². The molecule has 0 fully saturated rings. The molecule has 2 aliphatic rings. The zero-order valence-electron chi connectivity index (χ0n) is 16.3. The summed E-state index contributed by atoms with van der Waals surface area (Å²) in [6.07, 6.45) is 0. The van der Waals surface area contributed by atoms with E-state index in [2.05, 4.69) is 4.90 Å². The van der Waals surface area contributed by atoms with Gasteiger partial charge >= 0.3 is 0 Å².